The van der Waals surface area contributed by atoms with Crippen molar-refractivity contribution in [2.45, 2.75) is 49.6 Å². The van der Waals surface area contributed by atoms with E-state index in [0.717, 1.165) is 0 Å². The van der Waals surface area contributed by atoms with E-state index in [2.05, 4.69) is 10.6 Å². The van der Waals surface area contributed by atoms with Gasteiger partial charge in [-0.3, -0.25) is 9.11 Å². The Balaban J connectivity index is 2.53. The number of rotatable bonds is 8. The lowest BCUT2D eigenvalue weighted by atomic mass is 10.1. The first kappa shape index (κ1) is 23.9. The molecule has 2 aromatic carbocycles. The molecule has 0 unspecified atom stereocenters. The van der Waals surface area contributed by atoms with E-state index < -0.39 is 20.2 Å². The third-order valence-electron chi connectivity index (χ3n) is 3.94. The molecule has 0 saturated heterocycles. The van der Waals surface area contributed by atoms with Crippen molar-refractivity contribution in [3.05, 3.63) is 47.5 Å². The van der Waals surface area contributed by atoms with Crippen LogP contribution in [0.4, 0.5) is 11.4 Å². The van der Waals surface area contributed by atoms with E-state index in [1.807, 2.05) is 27.7 Å². The smallest absolute Gasteiger partial charge is 0.295 e. The molecule has 0 heterocycles. The maximum atomic E-state index is 11.8. The Morgan fingerprint density at radius 1 is 0.700 bits per heavy atom. The maximum Gasteiger partial charge on any atom is 0.295 e. The number of benzene rings is 2. The van der Waals surface area contributed by atoms with E-state index in [1.165, 1.54) is 36.4 Å². The SMILES string of the molecule is CC(C)Nc1ccc(/C=C/c2ccc(NC(C)C)cc2S(=O)(=O)O)c(S(=O)(=O)O)c1. The van der Waals surface area contributed by atoms with E-state index >= 15 is 0 Å². The Morgan fingerprint density at radius 2 is 1.03 bits per heavy atom. The first-order valence-corrected chi connectivity index (χ1v) is 12.1. The van der Waals surface area contributed by atoms with E-state index in [1.54, 1.807) is 12.1 Å². The molecule has 0 aliphatic rings. The molecule has 10 heteroatoms. The molecular weight excluding hydrogens is 428 g/mol. The van der Waals surface area contributed by atoms with Gasteiger partial charge in [-0.25, -0.2) is 0 Å². The van der Waals surface area contributed by atoms with E-state index in [-0.39, 0.29) is 33.0 Å². The van der Waals surface area contributed by atoms with Crippen molar-refractivity contribution in [3.63, 3.8) is 0 Å². The van der Waals surface area contributed by atoms with Crippen LogP contribution in [0.5, 0.6) is 0 Å². The molecular formula is C20H26N2O6S2. The largest absolute Gasteiger partial charge is 0.383 e. The van der Waals surface area contributed by atoms with E-state index in [4.69, 9.17) is 0 Å². The van der Waals surface area contributed by atoms with Crippen molar-refractivity contribution in [2.75, 3.05) is 10.6 Å². The van der Waals surface area contributed by atoms with Crippen molar-refractivity contribution in [1.29, 1.82) is 0 Å². The van der Waals surface area contributed by atoms with Crippen molar-refractivity contribution < 1.29 is 25.9 Å². The normalized spacial score (nSPS) is 12.7. The molecule has 0 radical (unpaired) electrons. The molecule has 164 valence electrons. The molecule has 30 heavy (non-hydrogen) atoms. The van der Waals surface area contributed by atoms with Crippen LogP contribution in [0, 0.1) is 0 Å². The lowest BCUT2D eigenvalue weighted by molar-refractivity contribution is 0.480. The fraction of sp³-hybridized carbons (Fsp3) is 0.300. The predicted molar refractivity (Wildman–Crippen MR) is 119 cm³/mol. The maximum absolute atomic E-state index is 11.8. The zero-order valence-electron chi connectivity index (χ0n) is 17.1. The average molecular weight is 455 g/mol. The first-order valence-electron chi connectivity index (χ1n) is 9.21. The summed E-state index contributed by atoms with van der Waals surface area (Å²) in [7, 11) is -9.05. The molecule has 0 fully saturated rings. The third kappa shape index (κ3) is 6.56. The molecule has 0 aromatic heterocycles. The van der Waals surface area contributed by atoms with Crippen LogP contribution in [0.1, 0.15) is 38.8 Å². The molecule has 2 rings (SSSR count). The van der Waals surface area contributed by atoms with Crippen molar-refractivity contribution in [3.8, 4) is 0 Å². The van der Waals surface area contributed by atoms with Crippen LogP contribution < -0.4 is 10.6 Å². The van der Waals surface area contributed by atoms with Crippen molar-refractivity contribution in [1.82, 2.24) is 0 Å². The summed E-state index contributed by atoms with van der Waals surface area (Å²) in [5, 5.41) is 6.10. The Labute approximate surface area is 177 Å². The van der Waals surface area contributed by atoms with Gasteiger partial charge in [-0.05, 0) is 63.1 Å². The van der Waals surface area contributed by atoms with Gasteiger partial charge in [0.25, 0.3) is 20.2 Å². The summed E-state index contributed by atoms with van der Waals surface area (Å²) in [4.78, 5) is -0.646. The second kappa shape index (κ2) is 9.17. The standard InChI is InChI=1S/C20H26N2O6S2/c1-13(2)21-17-9-7-15(19(11-17)29(23,24)25)5-6-16-8-10-18(22-14(3)4)12-20(16)30(26,27)28/h5-14,21-22H,1-4H3,(H,23,24,25)(H,26,27,28)/b6-5+. The third-order valence-corrected chi connectivity index (χ3v) is 5.75. The molecule has 0 aliphatic heterocycles. The van der Waals surface area contributed by atoms with Gasteiger partial charge in [0.15, 0.2) is 0 Å². The van der Waals surface area contributed by atoms with Crippen LogP contribution in [-0.4, -0.2) is 38.0 Å². The van der Waals surface area contributed by atoms with Gasteiger partial charge in [-0.15, -0.1) is 0 Å². The number of hydrogen-bond donors (Lipinski definition) is 4. The minimum absolute atomic E-state index is 0.0518. The monoisotopic (exact) mass is 454 g/mol. The van der Waals surface area contributed by atoms with Crippen LogP contribution >= 0.6 is 0 Å². The summed E-state index contributed by atoms with van der Waals surface area (Å²) in [5.41, 5.74) is 1.35. The Morgan fingerprint density at radius 3 is 1.30 bits per heavy atom. The van der Waals surface area contributed by atoms with Gasteiger partial charge in [0.2, 0.25) is 0 Å². The Bertz CT molecular complexity index is 1060. The van der Waals surface area contributed by atoms with Crippen LogP contribution in [0.25, 0.3) is 12.2 Å². The summed E-state index contributed by atoms with van der Waals surface area (Å²) in [5.74, 6) is 0. The molecule has 2 aromatic rings. The summed E-state index contributed by atoms with van der Waals surface area (Å²) in [6, 6.07) is 8.98. The molecule has 0 amide bonds. The van der Waals surface area contributed by atoms with Gasteiger partial charge in [0.05, 0.1) is 0 Å². The quantitative estimate of drug-likeness (QED) is 0.348. The number of nitrogens with one attached hydrogen (secondary N) is 2. The number of anilines is 2. The first-order chi connectivity index (χ1) is 13.8. The topological polar surface area (TPSA) is 133 Å². The molecule has 0 saturated carbocycles. The molecule has 0 aliphatic carbocycles. The highest BCUT2D eigenvalue weighted by Gasteiger charge is 2.17. The Hall–Kier alpha value is -2.40. The highest BCUT2D eigenvalue weighted by Crippen LogP contribution is 2.26. The zero-order valence-corrected chi connectivity index (χ0v) is 18.8. The summed E-state index contributed by atoms with van der Waals surface area (Å²) < 4.78 is 66.5. The molecule has 0 spiro atoms. The second-order valence-corrected chi connectivity index (χ2v) is 10.2. The fourth-order valence-electron chi connectivity index (χ4n) is 2.82. The minimum atomic E-state index is -4.52. The molecule has 0 bridgehead atoms. The fourth-order valence-corrected chi connectivity index (χ4v) is 4.24. The van der Waals surface area contributed by atoms with E-state index in [9.17, 15) is 25.9 Å². The highest BCUT2D eigenvalue weighted by molar-refractivity contribution is 7.86. The molecule has 4 N–H and O–H groups in total. The summed E-state index contributed by atoms with van der Waals surface area (Å²) in [6.45, 7) is 7.54. The van der Waals surface area contributed by atoms with E-state index in [0.29, 0.717) is 11.4 Å². The minimum Gasteiger partial charge on any atom is -0.383 e. The van der Waals surface area contributed by atoms with Crippen LogP contribution in [-0.2, 0) is 20.2 Å². The summed E-state index contributed by atoms with van der Waals surface area (Å²) in [6.07, 6.45) is 2.73. The van der Waals surface area contributed by atoms with Crippen LogP contribution in [0.3, 0.4) is 0 Å². The Kier molecular flexibility index (Phi) is 7.30. The van der Waals surface area contributed by atoms with Crippen LogP contribution in [0.15, 0.2) is 46.2 Å². The lowest BCUT2D eigenvalue weighted by Crippen LogP contribution is -2.11. The van der Waals surface area contributed by atoms with Gasteiger partial charge in [0.1, 0.15) is 9.79 Å². The number of hydrogen-bond acceptors (Lipinski definition) is 6. The predicted octanol–water partition coefficient (Wildman–Crippen LogP) is 3.99. The average Bonchev–Trinajstić information content (AvgIpc) is 2.58. The highest BCUT2D eigenvalue weighted by atomic mass is 32.2. The van der Waals surface area contributed by atoms with Gasteiger partial charge < -0.3 is 10.6 Å². The van der Waals surface area contributed by atoms with Gasteiger partial charge >= 0.3 is 0 Å². The van der Waals surface area contributed by atoms with Crippen molar-refractivity contribution in [2.24, 2.45) is 0 Å². The molecule has 0 atom stereocenters. The van der Waals surface area contributed by atoms with Gasteiger partial charge in [-0.2, -0.15) is 16.8 Å². The van der Waals surface area contributed by atoms with Gasteiger partial charge in [0, 0.05) is 23.5 Å². The van der Waals surface area contributed by atoms with Crippen LogP contribution in [0.2, 0.25) is 0 Å². The zero-order chi connectivity index (χ0) is 22.7. The summed E-state index contributed by atoms with van der Waals surface area (Å²) >= 11 is 0. The lowest BCUT2D eigenvalue weighted by Gasteiger charge is -2.13. The molecule has 8 nitrogen and oxygen atoms in total. The second-order valence-electron chi connectivity index (χ2n) is 7.39. The van der Waals surface area contributed by atoms with Crippen molar-refractivity contribution >= 4 is 43.8 Å². The van der Waals surface area contributed by atoms with Gasteiger partial charge in [-0.1, -0.05) is 24.3 Å².